The largest absolute Gasteiger partial charge is 0.480 e. The van der Waals surface area contributed by atoms with Crippen molar-refractivity contribution in [2.45, 2.75) is 111 Å². The molecule has 9 nitrogen and oxygen atoms in total. The van der Waals surface area contributed by atoms with Gasteiger partial charge in [0.25, 0.3) is 0 Å². The highest BCUT2D eigenvalue weighted by Crippen LogP contribution is 2.31. The van der Waals surface area contributed by atoms with Crippen LogP contribution in [0.4, 0.5) is 0 Å². The van der Waals surface area contributed by atoms with Crippen molar-refractivity contribution in [1.82, 2.24) is 5.32 Å². The second-order valence-electron chi connectivity index (χ2n) is 11.2. The molecule has 0 aromatic heterocycles. The molecule has 0 aliphatic heterocycles. The zero-order valence-corrected chi connectivity index (χ0v) is 24.7. The number of benzene rings is 1. The smallest absolute Gasteiger partial charge is 0.321 e. The molecular formula is C31H47NO8. The first-order chi connectivity index (χ1) is 19.0. The molecule has 0 spiro atoms. The topological polar surface area (TPSA) is 128 Å². The van der Waals surface area contributed by atoms with Gasteiger partial charge in [-0.3, -0.25) is 19.2 Å². The van der Waals surface area contributed by atoms with Crippen LogP contribution in [-0.2, 0) is 30.3 Å². The second kappa shape index (κ2) is 17.0. The Morgan fingerprint density at radius 2 is 1.48 bits per heavy atom. The van der Waals surface area contributed by atoms with E-state index in [9.17, 15) is 24.3 Å². The first-order valence-electron chi connectivity index (χ1n) is 14.7. The first-order valence-corrected chi connectivity index (χ1v) is 14.7. The molecule has 1 fully saturated rings. The molecule has 3 unspecified atom stereocenters. The Morgan fingerprint density at radius 1 is 0.900 bits per heavy atom. The van der Waals surface area contributed by atoms with Gasteiger partial charge in [0.15, 0.2) is 11.5 Å². The van der Waals surface area contributed by atoms with Crippen LogP contribution in [-0.4, -0.2) is 47.7 Å². The number of hydrogen-bond donors (Lipinski definition) is 2. The van der Waals surface area contributed by atoms with Gasteiger partial charge in [0.2, 0.25) is 0 Å². The van der Waals surface area contributed by atoms with E-state index in [1.807, 2.05) is 27.7 Å². The van der Waals surface area contributed by atoms with Gasteiger partial charge in [-0.1, -0.05) is 65.9 Å². The van der Waals surface area contributed by atoms with Gasteiger partial charge in [-0.2, -0.15) is 0 Å². The van der Waals surface area contributed by atoms with E-state index in [4.69, 9.17) is 14.2 Å². The summed E-state index contributed by atoms with van der Waals surface area (Å²) in [6.07, 6.45) is 6.53. The second-order valence-corrected chi connectivity index (χ2v) is 11.2. The van der Waals surface area contributed by atoms with Gasteiger partial charge < -0.3 is 24.6 Å². The monoisotopic (exact) mass is 561 g/mol. The maximum atomic E-state index is 12.6. The minimum atomic E-state index is -1.06. The molecule has 1 aliphatic rings. The summed E-state index contributed by atoms with van der Waals surface area (Å²) in [6, 6.07) is 3.76. The average Bonchev–Trinajstić information content (AvgIpc) is 2.92. The van der Waals surface area contributed by atoms with Gasteiger partial charge in [0.1, 0.15) is 12.1 Å². The average molecular weight is 562 g/mol. The molecule has 0 radical (unpaired) electrons. The number of nitrogens with one attached hydrogen (secondary N) is 1. The van der Waals surface area contributed by atoms with Crippen LogP contribution in [0.5, 0.6) is 11.5 Å². The Bertz CT molecular complexity index is 988. The zero-order valence-electron chi connectivity index (χ0n) is 24.7. The van der Waals surface area contributed by atoms with Gasteiger partial charge in [-0.15, -0.1) is 0 Å². The number of hydrogen-bond acceptors (Lipinski definition) is 8. The standard InChI is InChI=1S/C31H47NO8/c1-6-20(3)15-28(33)39-26-14-13-23(18-27(26)40-29(34)16-21(4)7-2)17-25(30(35)36)32-19-22(5)38-31(37)24-11-9-8-10-12-24/h13-14,18,20-22,24-25,32H,6-12,15-17,19H2,1-5H3,(H,35,36)/t20?,21?,22?,25-/m0/s1. The summed E-state index contributed by atoms with van der Waals surface area (Å²) in [7, 11) is 0. The number of carbonyl (C=O) groups is 4. The molecule has 40 heavy (non-hydrogen) atoms. The van der Waals surface area contributed by atoms with E-state index in [2.05, 4.69) is 5.32 Å². The van der Waals surface area contributed by atoms with E-state index < -0.39 is 30.1 Å². The fourth-order valence-corrected chi connectivity index (χ4v) is 4.50. The molecule has 2 rings (SSSR count). The lowest BCUT2D eigenvalue weighted by Gasteiger charge is -2.23. The van der Waals surface area contributed by atoms with Crippen LogP contribution in [0.2, 0.25) is 0 Å². The quantitative estimate of drug-likeness (QED) is 0.199. The van der Waals surface area contributed by atoms with E-state index in [1.165, 1.54) is 6.07 Å². The predicted molar refractivity (Wildman–Crippen MR) is 151 cm³/mol. The fraction of sp³-hybridized carbons (Fsp3) is 0.677. The number of aliphatic carboxylic acids is 1. The summed E-state index contributed by atoms with van der Waals surface area (Å²) in [5.74, 6) is -1.76. The zero-order chi connectivity index (χ0) is 29.7. The summed E-state index contributed by atoms with van der Waals surface area (Å²) < 4.78 is 16.7. The molecule has 1 aliphatic carbocycles. The van der Waals surface area contributed by atoms with Gasteiger partial charge in [-0.05, 0) is 55.7 Å². The van der Waals surface area contributed by atoms with E-state index in [-0.39, 0.29) is 61.0 Å². The number of carboxylic acids is 1. The van der Waals surface area contributed by atoms with Crippen molar-refractivity contribution in [2.24, 2.45) is 17.8 Å². The summed E-state index contributed by atoms with van der Waals surface area (Å²) in [5, 5.41) is 12.8. The van der Waals surface area contributed by atoms with Gasteiger partial charge in [0.05, 0.1) is 5.92 Å². The minimum Gasteiger partial charge on any atom is -0.480 e. The minimum absolute atomic E-state index is 0.0780. The number of ether oxygens (including phenoxy) is 3. The molecule has 224 valence electrons. The van der Waals surface area contributed by atoms with E-state index in [1.54, 1.807) is 19.1 Å². The SMILES string of the molecule is CCC(C)CC(=O)Oc1ccc(C[C@H](NCC(C)OC(=O)C2CCCCC2)C(=O)O)cc1OC(=O)CC(C)CC. The van der Waals surface area contributed by atoms with Crippen molar-refractivity contribution in [3.05, 3.63) is 23.8 Å². The molecule has 1 aromatic carbocycles. The van der Waals surface area contributed by atoms with Crippen LogP contribution >= 0.6 is 0 Å². The summed E-state index contributed by atoms with van der Waals surface area (Å²) >= 11 is 0. The van der Waals surface area contributed by atoms with Crippen molar-refractivity contribution in [1.29, 1.82) is 0 Å². The number of carbonyl (C=O) groups excluding carboxylic acids is 3. The molecule has 9 heteroatoms. The van der Waals surface area contributed by atoms with Crippen LogP contribution in [0.15, 0.2) is 18.2 Å². The molecule has 0 amide bonds. The molecule has 0 saturated heterocycles. The van der Waals surface area contributed by atoms with Crippen molar-refractivity contribution in [2.75, 3.05) is 6.54 Å². The molecular weight excluding hydrogens is 514 g/mol. The summed E-state index contributed by atoms with van der Waals surface area (Å²) in [6.45, 7) is 9.79. The first kappa shape index (κ1) is 33.3. The summed E-state index contributed by atoms with van der Waals surface area (Å²) in [5.41, 5.74) is 0.583. The van der Waals surface area contributed by atoms with Crippen LogP contribution in [0.3, 0.4) is 0 Å². The molecule has 4 atom stereocenters. The van der Waals surface area contributed by atoms with E-state index in [0.29, 0.717) is 5.56 Å². The normalized spacial score (nSPS) is 16.8. The Balaban J connectivity index is 2.09. The maximum absolute atomic E-state index is 12.6. The van der Waals surface area contributed by atoms with Gasteiger partial charge >= 0.3 is 23.9 Å². The van der Waals surface area contributed by atoms with Gasteiger partial charge in [-0.25, -0.2) is 0 Å². The van der Waals surface area contributed by atoms with Crippen LogP contribution < -0.4 is 14.8 Å². The van der Waals surface area contributed by atoms with Crippen molar-refractivity contribution < 1.29 is 38.5 Å². The highest BCUT2D eigenvalue weighted by Gasteiger charge is 2.26. The van der Waals surface area contributed by atoms with Gasteiger partial charge in [0, 0.05) is 19.4 Å². The highest BCUT2D eigenvalue weighted by atomic mass is 16.6. The molecule has 2 N–H and O–H groups in total. The third kappa shape index (κ3) is 11.7. The Morgan fingerprint density at radius 3 is 2.02 bits per heavy atom. The lowest BCUT2D eigenvalue weighted by atomic mass is 9.89. The third-order valence-corrected chi connectivity index (χ3v) is 7.53. The van der Waals surface area contributed by atoms with Crippen molar-refractivity contribution in [3.8, 4) is 11.5 Å². The lowest BCUT2D eigenvalue weighted by molar-refractivity contribution is -0.154. The molecule has 1 aromatic rings. The predicted octanol–water partition coefficient (Wildman–Crippen LogP) is 5.47. The Labute approximate surface area is 238 Å². The molecule has 1 saturated carbocycles. The number of rotatable bonds is 16. The van der Waals surface area contributed by atoms with Crippen molar-refractivity contribution in [3.63, 3.8) is 0 Å². The number of esters is 3. The highest BCUT2D eigenvalue weighted by molar-refractivity contribution is 5.77. The fourth-order valence-electron chi connectivity index (χ4n) is 4.50. The van der Waals surface area contributed by atoms with Crippen LogP contribution in [0.1, 0.15) is 98.0 Å². The van der Waals surface area contributed by atoms with Crippen molar-refractivity contribution >= 4 is 23.9 Å². The van der Waals surface area contributed by atoms with Crippen LogP contribution in [0.25, 0.3) is 0 Å². The molecule has 0 bridgehead atoms. The van der Waals surface area contributed by atoms with E-state index >= 15 is 0 Å². The summed E-state index contributed by atoms with van der Waals surface area (Å²) in [4.78, 5) is 49.4. The Hall–Kier alpha value is -2.94. The Kier molecular flexibility index (Phi) is 14.1. The van der Waals surface area contributed by atoms with E-state index in [0.717, 1.165) is 44.9 Å². The van der Waals surface area contributed by atoms with Crippen LogP contribution in [0, 0.1) is 17.8 Å². The molecule has 0 heterocycles. The maximum Gasteiger partial charge on any atom is 0.321 e. The number of carboxylic acid groups (broad SMARTS) is 1. The third-order valence-electron chi connectivity index (χ3n) is 7.53. The lowest BCUT2D eigenvalue weighted by Crippen LogP contribution is -2.43.